The largest absolute Gasteiger partial charge is 0.330 e. The average Bonchev–Trinajstić information content (AvgIpc) is 2.61. The summed E-state index contributed by atoms with van der Waals surface area (Å²) in [6.07, 6.45) is 1.83. The Morgan fingerprint density at radius 3 is 2.46 bits per heavy atom. The zero-order valence-electron chi connectivity index (χ0n) is 13.8. The van der Waals surface area contributed by atoms with Gasteiger partial charge in [-0.05, 0) is 49.2 Å². The lowest BCUT2D eigenvalue weighted by molar-refractivity contribution is -0.116. The molecule has 0 aliphatic carbocycles. The molecule has 0 unspecified atom stereocenters. The van der Waals surface area contributed by atoms with E-state index < -0.39 is 0 Å². The van der Waals surface area contributed by atoms with Crippen LogP contribution in [0.2, 0.25) is 0 Å². The molecule has 5 nitrogen and oxygen atoms in total. The molecule has 2 amide bonds. The van der Waals surface area contributed by atoms with Crippen molar-refractivity contribution in [3.05, 3.63) is 59.7 Å². The molecule has 2 aromatic carbocycles. The third-order valence-corrected chi connectivity index (χ3v) is 3.67. The molecule has 0 radical (unpaired) electrons. The number of nitrogens with one attached hydrogen (secondary N) is 2. The summed E-state index contributed by atoms with van der Waals surface area (Å²) in [5, 5.41) is 5.76. The van der Waals surface area contributed by atoms with Crippen LogP contribution in [0, 0.1) is 0 Å². The van der Waals surface area contributed by atoms with Crippen LogP contribution in [-0.2, 0) is 11.2 Å². The van der Waals surface area contributed by atoms with Crippen molar-refractivity contribution in [3.63, 3.8) is 0 Å². The van der Waals surface area contributed by atoms with Crippen molar-refractivity contribution >= 4 is 23.2 Å². The van der Waals surface area contributed by atoms with E-state index in [1.54, 1.807) is 18.2 Å². The molecule has 2 aromatic rings. The number of anilines is 2. The Labute approximate surface area is 142 Å². The quantitative estimate of drug-likeness (QED) is 0.731. The molecule has 126 valence electrons. The Morgan fingerprint density at radius 1 is 1.04 bits per heavy atom. The number of benzene rings is 2. The Morgan fingerprint density at radius 2 is 1.79 bits per heavy atom. The molecule has 24 heavy (non-hydrogen) atoms. The molecule has 0 spiro atoms. The van der Waals surface area contributed by atoms with Crippen molar-refractivity contribution in [3.8, 4) is 0 Å². The van der Waals surface area contributed by atoms with Gasteiger partial charge in [0.05, 0.1) is 0 Å². The third-order valence-electron chi connectivity index (χ3n) is 3.67. The van der Waals surface area contributed by atoms with Gasteiger partial charge in [-0.25, -0.2) is 0 Å². The van der Waals surface area contributed by atoms with Crippen LogP contribution in [0.25, 0.3) is 0 Å². The SMILES string of the molecule is CCc1ccc(NC(=O)c2ccccc2)cc1NC(=O)CCCN. The second-order valence-corrected chi connectivity index (χ2v) is 5.49. The first kappa shape index (κ1) is 17.7. The van der Waals surface area contributed by atoms with E-state index in [1.807, 2.05) is 37.3 Å². The van der Waals surface area contributed by atoms with Gasteiger partial charge in [-0.15, -0.1) is 0 Å². The molecule has 2 rings (SSSR count). The Balaban J connectivity index is 2.12. The van der Waals surface area contributed by atoms with E-state index in [1.165, 1.54) is 0 Å². The highest BCUT2D eigenvalue weighted by Gasteiger charge is 2.10. The lowest BCUT2D eigenvalue weighted by Gasteiger charge is -2.13. The molecule has 0 aliphatic rings. The minimum atomic E-state index is -0.180. The molecule has 0 bridgehead atoms. The number of rotatable bonds is 7. The zero-order chi connectivity index (χ0) is 17.4. The summed E-state index contributed by atoms with van der Waals surface area (Å²) in [5.74, 6) is -0.248. The van der Waals surface area contributed by atoms with E-state index in [0.717, 1.165) is 17.7 Å². The van der Waals surface area contributed by atoms with Crippen LogP contribution < -0.4 is 16.4 Å². The van der Waals surface area contributed by atoms with Gasteiger partial charge in [-0.3, -0.25) is 9.59 Å². The molecular formula is C19H23N3O2. The lowest BCUT2D eigenvalue weighted by atomic mass is 10.1. The normalized spacial score (nSPS) is 10.2. The van der Waals surface area contributed by atoms with Crippen molar-refractivity contribution in [2.24, 2.45) is 5.73 Å². The fraction of sp³-hybridized carbons (Fsp3) is 0.263. The molecule has 4 N–H and O–H groups in total. The van der Waals surface area contributed by atoms with Gasteiger partial charge < -0.3 is 16.4 Å². The molecular weight excluding hydrogens is 302 g/mol. The van der Waals surface area contributed by atoms with Gasteiger partial charge in [-0.1, -0.05) is 31.2 Å². The standard InChI is InChI=1S/C19H23N3O2/c1-2-14-10-11-16(13-17(14)22-18(23)9-6-12-20)21-19(24)15-7-4-3-5-8-15/h3-5,7-8,10-11,13H,2,6,9,12,20H2,1H3,(H,21,24)(H,22,23). The Bertz CT molecular complexity index is 699. The maximum atomic E-state index is 12.2. The number of amides is 2. The summed E-state index contributed by atoms with van der Waals surface area (Å²) >= 11 is 0. The van der Waals surface area contributed by atoms with E-state index >= 15 is 0 Å². The minimum Gasteiger partial charge on any atom is -0.330 e. The number of nitrogens with two attached hydrogens (primary N) is 1. The van der Waals surface area contributed by atoms with E-state index in [0.29, 0.717) is 30.6 Å². The van der Waals surface area contributed by atoms with Crippen LogP contribution in [0.5, 0.6) is 0 Å². The molecule has 0 aromatic heterocycles. The first-order valence-electron chi connectivity index (χ1n) is 8.13. The zero-order valence-corrected chi connectivity index (χ0v) is 13.8. The molecule has 0 atom stereocenters. The van der Waals surface area contributed by atoms with Gasteiger partial charge in [0.2, 0.25) is 5.91 Å². The highest BCUT2D eigenvalue weighted by Crippen LogP contribution is 2.22. The van der Waals surface area contributed by atoms with Crippen molar-refractivity contribution < 1.29 is 9.59 Å². The fourth-order valence-electron chi connectivity index (χ4n) is 2.35. The first-order chi connectivity index (χ1) is 11.6. The van der Waals surface area contributed by atoms with Gasteiger partial charge in [0.15, 0.2) is 0 Å². The van der Waals surface area contributed by atoms with Crippen LogP contribution in [-0.4, -0.2) is 18.4 Å². The number of hydrogen-bond acceptors (Lipinski definition) is 3. The van der Waals surface area contributed by atoms with Gasteiger partial charge in [0.1, 0.15) is 0 Å². The lowest BCUT2D eigenvalue weighted by Crippen LogP contribution is -2.16. The fourth-order valence-corrected chi connectivity index (χ4v) is 2.35. The van der Waals surface area contributed by atoms with Crippen molar-refractivity contribution in [2.75, 3.05) is 17.2 Å². The number of carbonyl (C=O) groups excluding carboxylic acids is 2. The highest BCUT2D eigenvalue weighted by atomic mass is 16.2. The Hall–Kier alpha value is -2.66. The summed E-state index contributed by atoms with van der Waals surface area (Å²) < 4.78 is 0. The van der Waals surface area contributed by atoms with Gasteiger partial charge in [0, 0.05) is 23.4 Å². The summed E-state index contributed by atoms with van der Waals surface area (Å²) in [4.78, 5) is 24.2. The predicted octanol–water partition coefficient (Wildman–Crippen LogP) is 3.18. The van der Waals surface area contributed by atoms with E-state index in [-0.39, 0.29) is 11.8 Å². The second-order valence-electron chi connectivity index (χ2n) is 5.49. The van der Waals surface area contributed by atoms with E-state index in [4.69, 9.17) is 5.73 Å². The van der Waals surface area contributed by atoms with Gasteiger partial charge >= 0.3 is 0 Å². The van der Waals surface area contributed by atoms with Crippen molar-refractivity contribution in [1.82, 2.24) is 0 Å². The highest BCUT2D eigenvalue weighted by molar-refractivity contribution is 6.04. The molecule has 0 heterocycles. The van der Waals surface area contributed by atoms with E-state index in [2.05, 4.69) is 10.6 Å². The average molecular weight is 325 g/mol. The number of hydrogen-bond donors (Lipinski definition) is 3. The number of carbonyl (C=O) groups is 2. The van der Waals surface area contributed by atoms with Crippen molar-refractivity contribution in [1.29, 1.82) is 0 Å². The smallest absolute Gasteiger partial charge is 0.255 e. The summed E-state index contributed by atoms with van der Waals surface area (Å²) in [6.45, 7) is 2.51. The molecule has 0 saturated heterocycles. The summed E-state index contributed by atoms with van der Waals surface area (Å²) in [5.41, 5.74) is 8.42. The second kappa shape index (κ2) is 8.84. The van der Waals surface area contributed by atoms with Crippen LogP contribution >= 0.6 is 0 Å². The topological polar surface area (TPSA) is 84.2 Å². The van der Waals surface area contributed by atoms with Crippen molar-refractivity contribution in [2.45, 2.75) is 26.2 Å². The number of aryl methyl sites for hydroxylation is 1. The van der Waals surface area contributed by atoms with Gasteiger partial charge in [0.25, 0.3) is 5.91 Å². The van der Waals surface area contributed by atoms with E-state index in [9.17, 15) is 9.59 Å². The van der Waals surface area contributed by atoms with Crippen LogP contribution in [0.1, 0.15) is 35.7 Å². The Kier molecular flexibility index (Phi) is 6.51. The molecule has 0 aliphatic heterocycles. The van der Waals surface area contributed by atoms with Gasteiger partial charge in [-0.2, -0.15) is 0 Å². The molecule has 0 fully saturated rings. The van der Waals surface area contributed by atoms with Crippen LogP contribution in [0.4, 0.5) is 11.4 Å². The molecule has 5 heteroatoms. The maximum absolute atomic E-state index is 12.2. The van der Waals surface area contributed by atoms with Crippen LogP contribution in [0.15, 0.2) is 48.5 Å². The minimum absolute atomic E-state index is 0.0679. The molecule has 0 saturated carbocycles. The maximum Gasteiger partial charge on any atom is 0.255 e. The predicted molar refractivity (Wildman–Crippen MR) is 97.1 cm³/mol. The third kappa shape index (κ3) is 4.93. The summed E-state index contributed by atoms with van der Waals surface area (Å²) in [6, 6.07) is 14.6. The monoisotopic (exact) mass is 325 g/mol. The van der Waals surface area contributed by atoms with Crippen LogP contribution in [0.3, 0.4) is 0 Å². The first-order valence-corrected chi connectivity index (χ1v) is 8.13. The summed E-state index contributed by atoms with van der Waals surface area (Å²) in [7, 11) is 0.